The Hall–Kier alpha value is -3.82. The summed E-state index contributed by atoms with van der Waals surface area (Å²) in [5.74, 6) is -1.06. The first-order valence-corrected chi connectivity index (χ1v) is 8.60. The second kappa shape index (κ2) is 8.27. The van der Waals surface area contributed by atoms with Crippen LogP contribution in [-0.2, 0) is 13.2 Å². The lowest BCUT2D eigenvalue weighted by atomic mass is 10.1. The number of anilines is 3. The maximum Gasteiger partial charge on any atom is 0.416 e. The maximum atomic E-state index is 13.0. The number of nitrogens with zero attached hydrogens (tertiary/aromatic N) is 1. The summed E-state index contributed by atoms with van der Waals surface area (Å²) in [5, 5.41) is 2.79. The van der Waals surface area contributed by atoms with E-state index in [1.54, 1.807) is 0 Å². The molecule has 0 aliphatic carbocycles. The predicted molar refractivity (Wildman–Crippen MR) is 104 cm³/mol. The van der Waals surface area contributed by atoms with E-state index in [9.17, 15) is 27.2 Å². The fourth-order valence-corrected chi connectivity index (χ4v) is 2.54. The molecule has 0 unspecified atom stereocenters. The van der Waals surface area contributed by atoms with Gasteiger partial charge >= 0.3 is 6.18 Å². The summed E-state index contributed by atoms with van der Waals surface area (Å²) in [6.07, 6.45) is -3.19. The number of benzene rings is 2. The molecular formula is C20H16F4N4O2. The molecule has 156 valence electrons. The first kappa shape index (κ1) is 20.9. The third kappa shape index (κ3) is 4.96. The molecule has 0 saturated carbocycles. The Morgan fingerprint density at radius 3 is 2.17 bits per heavy atom. The minimum Gasteiger partial charge on any atom is -0.355 e. The van der Waals surface area contributed by atoms with Crippen LogP contribution in [0.4, 0.5) is 34.6 Å². The van der Waals surface area contributed by atoms with Crippen LogP contribution in [0.15, 0.2) is 65.6 Å². The number of amides is 1. The van der Waals surface area contributed by atoms with Gasteiger partial charge in [0.2, 0.25) is 0 Å². The topological polar surface area (TPSA) is 75.2 Å². The first-order chi connectivity index (χ1) is 14.1. The Morgan fingerprint density at radius 1 is 0.967 bits per heavy atom. The van der Waals surface area contributed by atoms with Gasteiger partial charge < -0.3 is 9.88 Å². The number of rotatable bonds is 5. The van der Waals surface area contributed by atoms with Crippen molar-refractivity contribution in [3.63, 3.8) is 0 Å². The Labute approximate surface area is 168 Å². The largest absolute Gasteiger partial charge is 0.416 e. The summed E-state index contributed by atoms with van der Waals surface area (Å²) in [7, 11) is 1.45. The van der Waals surface area contributed by atoms with Crippen LogP contribution in [0.2, 0.25) is 0 Å². The minimum absolute atomic E-state index is 0.0617. The highest BCUT2D eigenvalue weighted by molar-refractivity contribution is 6.00. The Morgan fingerprint density at radius 2 is 1.57 bits per heavy atom. The number of hydrazine groups is 1. The van der Waals surface area contributed by atoms with Gasteiger partial charge in [-0.3, -0.25) is 20.4 Å². The van der Waals surface area contributed by atoms with E-state index < -0.39 is 29.0 Å². The zero-order valence-corrected chi connectivity index (χ0v) is 15.5. The van der Waals surface area contributed by atoms with Crippen molar-refractivity contribution < 1.29 is 22.4 Å². The number of pyridine rings is 1. The van der Waals surface area contributed by atoms with E-state index in [1.807, 2.05) is 0 Å². The molecule has 10 heteroatoms. The van der Waals surface area contributed by atoms with E-state index in [1.165, 1.54) is 54.2 Å². The molecule has 2 aromatic carbocycles. The zero-order chi connectivity index (χ0) is 21.9. The second-order valence-electron chi connectivity index (χ2n) is 6.34. The summed E-state index contributed by atoms with van der Waals surface area (Å²) < 4.78 is 52.3. The molecule has 3 N–H and O–H groups in total. The number of carbonyl (C=O) groups is 1. The minimum atomic E-state index is -4.47. The number of aromatic nitrogens is 1. The van der Waals surface area contributed by atoms with Crippen LogP contribution in [0.25, 0.3) is 0 Å². The highest BCUT2D eigenvalue weighted by Gasteiger charge is 2.30. The SMILES string of the molecule is Cn1cc(C(=O)NNc2ccc(F)cc2)c(Nc2ccc(C(F)(F)F)cc2)cc1=O. The number of aryl methyl sites for hydroxylation is 1. The average molecular weight is 420 g/mol. The quantitative estimate of drug-likeness (QED) is 0.430. The summed E-state index contributed by atoms with van der Waals surface area (Å²) in [4.78, 5) is 24.6. The van der Waals surface area contributed by atoms with Crippen molar-refractivity contribution in [3.8, 4) is 0 Å². The highest BCUT2D eigenvalue weighted by atomic mass is 19.4. The van der Waals surface area contributed by atoms with Gasteiger partial charge in [0.1, 0.15) is 5.82 Å². The molecule has 3 rings (SSSR count). The molecule has 3 aromatic rings. The molecule has 30 heavy (non-hydrogen) atoms. The normalized spacial score (nSPS) is 11.1. The number of hydrogen-bond donors (Lipinski definition) is 3. The fraction of sp³-hybridized carbons (Fsp3) is 0.100. The molecule has 0 saturated heterocycles. The van der Waals surface area contributed by atoms with Crippen molar-refractivity contribution in [2.75, 3.05) is 10.7 Å². The Bertz CT molecular complexity index is 1110. The van der Waals surface area contributed by atoms with E-state index in [0.717, 1.165) is 18.2 Å². The zero-order valence-electron chi connectivity index (χ0n) is 15.5. The van der Waals surface area contributed by atoms with Gasteiger partial charge in [-0.25, -0.2) is 4.39 Å². The fourth-order valence-electron chi connectivity index (χ4n) is 2.54. The van der Waals surface area contributed by atoms with Gasteiger partial charge in [0.15, 0.2) is 0 Å². The molecule has 0 aliphatic heterocycles. The van der Waals surface area contributed by atoms with Gasteiger partial charge in [0.25, 0.3) is 11.5 Å². The van der Waals surface area contributed by atoms with Crippen molar-refractivity contribution in [1.29, 1.82) is 0 Å². The molecule has 0 spiro atoms. The second-order valence-corrected chi connectivity index (χ2v) is 6.34. The summed E-state index contributed by atoms with van der Waals surface area (Å²) in [5.41, 5.74) is 4.64. The van der Waals surface area contributed by atoms with Gasteiger partial charge in [-0.05, 0) is 48.5 Å². The standard InChI is InChI=1S/C20H16F4N4O2/c1-28-11-16(19(30)27-26-15-8-4-13(21)5-9-15)17(10-18(28)29)25-14-6-2-12(3-7-14)20(22,23)24/h2-11,25-26H,1H3,(H,27,30). The van der Waals surface area contributed by atoms with Crippen LogP contribution in [0.1, 0.15) is 15.9 Å². The van der Waals surface area contributed by atoms with Crippen molar-refractivity contribution >= 4 is 23.0 Å². The summed E-state index contributed by atoms with van der Waals surface area (Å²) >= 11 is 0. The van der Waals surface area contributed by atoms with Crippen LogP contribution >= 0.6 is 0 Å². The van der Waals surface area contributed by atoms with Gasteiger partial charge in [0, 0.05) is 25.0 Å². The van der Waals surface area contributed by atoms with E-state index in [4.69, 9.17) is 0 Å². The Balaban J connectivity index is 1.82. The van der Waals surface area contributed by atoms with Crippen molar-refractivity contribution in [3.05, 3.63) is 88.1 Å². The first-order valence-electron chi connectivity index (χ1n) is 8.60. The molecule has 0 fully saturated rings. The van der Waals surface area contributed by atoms with Crippen LogP contribution in [0, 0.1) is 5.82 Å². The lowest BCUT2D eigenvalue weighted by molar-refractivity contribution is -0.137. The number of alkyl halides is 3. The van der Waals surface area contributed by atoms with Crippen molar-refractivity contribution in [1.82, 2.24) is 9.99 Å². The smallest absolute Gasteiger partial charge is 0.355 e. The van der Waals surface area contributed by atoms with Crippen LogP contribution in [0.5, 0.6) is 0 Å². The number of halogens is 4. The molecule has 0 radical (unpaired) electrons. The third-order valence-corrected chi connectivity index (χ3v) is 4.13. The van der Waals surface area contributed by atoms with Crippen LogP contribution in [-0.4, -0.2) is 10.5 Å². The van der Waals surface area contributed by atoms with Gasteiger partial charge in [-0.2, -0.15) is 13.2 Å². The highest BCUT2D eigenvalue weighted by Crippen LogP contribution is 2.30. The van der Waals surface area contributed by atoms with Gasteiger partial charge in [-0.15, -0.1) is 0 Å². The maximum absolute atomic E-state index is 13.0. The molecule has 0 bridgehead atoms. The van der Waals surface area contributed by atoms with Gasteiger partial charge in [-0.1, -0.05) is 0 Å². The molecular weight excluding hydrogens is 404 g/mol. The average Bonchev–Trinajstić information content (AvgIpc) is 2.69. The third-order valence-electron chi connectivity index (χ3n) is 4.13. The molecule has 0 aliphatic rings. The summed E-state index contributed by atoms with van der Waals surface area (Å²) in [6, 6.07) is 10.6. The predicted octanol–water partition coefficient (Wildman–Crippen LogP) is 4.04. The lowest BCUT2D eigenvalue weighted by Crippen LogP contribution is -2.31. The van der Waals surface area contributed by atoms with Crippen LogP contribution < -0.4 is 21.7 Å². The lowest BCUT2D eigenvalue weighted by Gasteiger charge is -2.15. The van der Waals surface area contributed by atoms with Crippen molar-refractivity contribution in [2.24, 2.45) is 7.05 Å². The van der Waals surface area contributed by atoms with Gasteiger partial charge in [0.05, 0.1) is 22.5 Å². The number of nitrogens with one attached hydrogen (secondary N) is 3. The van der Waals surface area contributed by atoms with Crippen LogP contribution in [0.3, 0.4) is 0 Å². The van der Waals surface area contributed by atoms with E-state index >= 15 is 0 Å². The molecule has 1 heterocycles. The monoisotopic (exact) mass is 420 g/mol. The number of carbonyl (C=O) groups excluding carboxylic acids is 1. The van der Waals surface area contributed by atoms with E-state index in [-0.39, 0.29) is 16.9 Å². The molecule has 6 nitrogen and oxygen atoms in total. The number of hydrogen-bond acceptors (Lipinski definition) is 4. The van der Waals surface area contributed by atoms with E-state index in [2.05, 4.69) is 16.2 Å². The van der Waals surface area contributed by atoms with Crippen molar-refractivity contribution in [2.45, 2.75) is 6.18 Å². The Kier molecular flexibility index (Phi) is 5.77. The molecule has 0 atom stereocenters. The molecule has 1 aromatic heterocycles. The summed E-state index contributed by atoms with van der Waals surface area (Å²) in [6.45, 7) is 0. The van der Waals surface area contributed by atoms with E-state index in [0.29, 0.717) is 5.69 Å². The molecule has 1 amide bonds.